The van der Waals surface area contributed by atoms with Crippen molar-refractivity contribution in [2.24, 2.45) is 0 Å². The number of likely N-dealkylation sites (N-methyl/N-ethyl adjacent to an activating group) is 1. The fourth-order valence-corrected chi connectivity index (χ4v) is 4.58. The number of hydrogen-bond donors (Lipinski definition) is 1. The van der Waals surface area contributed by atoms with E-state index in [0.717, 1.165) is 24.2 Å². The van der Waals surface area contributed by atoms with E-state index in [1.807, 2.05) is 24.3 Å². The summed E-state index contributed by atoms with van der Waals surface area (Å²) in [6.45, 7) is 3.79. The Morgan fingerprint density at radius 2 is 1.88 bits per heavy atom. The minimum Gasteiger partial charge on any atom is -0.497 e. The van der Waals surface area contributed by atoms with Gasteiger partial charge in [-0.1, -0.05) is 31.9 Å². The Morgan fingerprint density at radius 3 is 2.53 bits per heavy atom. The van der Waals surface area contributed by atoms with Crippen LogP contribution in [-0.2, 0) is 20.9 Å². The number of hydrazine groups is 1. The Morgan fingerprint density at radius 1 is 1.15 bits per heavy atom. The molecule has 34 heavy (non-hydrogen) atoms. The van der Waals surface area contributed by atoms with Gasteiger partial charge in [0.05, 0.1) is 20.2 Å². The van der Waals surface area contributed by atoms with Gasteiger partial charge >= 0.3 is 6.03 Å². The molecule has 188 valence electrons. The van der Waals surface area contributed by atoms with Gasteiger partial charge in [0.2, 0.25) is 11.8 Å². The molecular formula is C24H37N5O5. The molecule has 0 bridgehead atoms. The number of unbranched alkanes of at least 4 members (excludes halogenated alkanes) is 1. The smallest absolute Gasteiger partial charge is 0.334 e. The Labute approximate surface area is 201 Å². The second-order valence-corrected chi connectivity index (χ2v) is 8.74. The molecule has 2 saturated heterocycles. The predicted molar refractivity (Wildman–Crippen MR) is 127 cm³/mol. The maximum Gasteiger partial charge on any atom is 0.334 e. The molecule has 2 aliphatic rings. The summed E-state index contributed by atoms with van der Waals surface area (Å²) < 4.78 is 10.3. The summed E-state index contributed by atoms with van der Waals surface area (Å²) in [6.07, 6.45) is 2.49. The summed E-state index contributed by atoms with van der Waals surface area (Å²) in [5.41, 5.74) is 0.933. The minimum absolute atomic E-state index is 0.0442. The average molecular weight is 476 g/mol. The molecular weight excluding hydrogens is 438 g/mol. The zero-order valence-corrected chi connectivity index (χ0v) is 20.7. The fraction of sp³-hybridized carbons (Fsp3) is 0.625. The molecule has 2 heterocycles. The molecule has 0 aliphatic carbocycles. The molecule has 4 amide bonds. The second kappa shape index (κ2) is 12.0. The Kier molecular flexibility index (Phi) is 9.12. The summed E-state index contributed by atoms with van der Waals surface area (Å²) in [7, 11) is 4.97. The molecule has 10 heteroatoms. The predicted octanol–water partition coefficient (Wildman–Crippen LogP) is 1.66. The van der Waals surface area contributed by atoms with Crippen molar-refractivity contribution in [3.05, 3.63) is 29.8 Å². The van der Waals surface area contributed by atoms with Crippen molar-refractivity contribution in [2.45, 2.75) is 51.4 Å². The molecule has 2 atom stereocenters. The molecule has 1 aromatic rings. The van der Waals surface area contributed by atoms with Crippen LogP contribution in [0, 0.1) is 0 Å². The summed E-state index contributed by atoms with van der Waals surface area (Å²) in [5.74, 6) is 0.577. The van der Waals surface area contributed by atoms with Crippen LogP contribution >= 0.6 is 0 Å². The molecule has 1 aromatic carbocycles. The van der Waals surface area contributed by atoms with Gasteiger partial charge in [0.1, 0.15) is 18.0 Å². The van der Waals surface area contributed by atoms with E-state index >= 15 is 0 Å². The van der Waals surface area contributed by atoms with E-state index in [2.05, 4.69) is 12.2 Å². The van der Waals surface area contributed by atoms with Crippen LogP contribution in [0.1, 0.15) is 38.2 Å². The van der Waals surface area contributed by atoms with Gasteiger partial charge in [-0.25, -0.2) is 14.8 Å². The molecule has 1 N–H and O–H groups in total. The topological polar surface area (TPSA) is 94.7 Å². The third kappa shape index (κ3) is 5.79. The third-order valence-corrected chi connectivity index (χ3v) is 6.36. The summed E-state index contributed by atoms with van der Waals surface area (Å²) in [6, 6.07) is 6.62. The first-order chi connectivity index (χ1) is 16.4. The number of hydrogen-bond acceptors (Lipinski definition) is 6. The molecule has 2 unspecified atom stereocenters. The van der Waals surface area contributed by atoms with E-state index in [4.69, 9.17) is 9.47 Å². The molecule has 2 aliphatic heterocycles. The van der Waals surface area contributed by atoms with Gasteiger partial charge < -0.3 is 24.6 Å². The zero-order chi connectivity index (χ0) is 24.7. The van der Waals surface area contributed by atoms with Crippen molar-refractivity contribution < 1.29 is 23.9 Å². The highest BCUT2D eigenvalue weighted by Crippen LogP contribution is 2.28. The maximum atomic E-state index is 13.3. The van der Waals surface area contributed by atoms with Crippen LogP contribution in [0.5, 0.6) is 5.75 Å². The van der Waals surface area contributed by atoms with Gasteiger partial charge in [0.25, 0.3) is 0 Å². The third-order valence-electron chi connectivity index (χ3n) is 6.36. The number of urea groups is 1. The van der Waals surface area contributed by atoms with Crippen LogP contribution in [-0.4, -0.2) is 97.4 Å². The van der Waals surface area contributed by atoms with Gasteiger partial charge in [0, 0.05) is 33.9 Å². The molecule has 0 aromatic heterocycles. The van der Waals surface area contributed by atoms with E-state index in [1.165, 1.54) is 0 Å². The lowest BCUT2D eigenvalue weighted by molar-refractivity contribution is -0.187. The van der Waals surface area contributed by atoms with Crippen LogP contribution in [0.25, 0.3) is 0 Å². The average Bonchev–Trinajstić information content (AvgIpc) is 2.83. The van der Waals surface area contributed by atoms with Crippen LogP contribution in [0.3, 0.4) is 0 Å². The van der Waals surface area contributed by atoms with Crippen molar-refractivity contribution in [3.8, 4) is 5.75 Å². The van der Waals surface area contributed by atoms with Crippen molar-refractivity contribution >= 4 is 17.8 Å². The van der Waals surface area contributed by atoms with E-state index < -0.39 is 12.2 Å². The number of ether oxygens (including phenoxy) is 2. The van der Waals surface area contributed by atoms with Crippen molar-refractivity contribution in [1.29, 1.82) is 0 Å². The van der Waals surface area contributed by atoms with Gasteiger partial charge in [-0.05, 0) is 30.5 Å². The Hall–Kier alpha value is -2.85. The number of piperazine rings is 1. The van der Waals surface area contributed by atoms with Crippen molar-refractivity contribution in [2.75, 3.05) is 47.5 Å². The van der Waals surface area contributed by atoms with Crippen molar-refractivity contribution in [3.63, 3.8) is 0 Å². The SMILES string of the molecule is CCCCC1C(=O)N(CCCOC)CC2N1C(=O)CN(C)N2C(=O)NCc1ccc(OC)cc1. The lowest BCUT2D eigenvalue weighted by Crippen LogP contribution is -2.76. The maximum absolute atomic E-state index is 13.3. The number of fused-ring (bicyclic) bond motifs is 1. The number of nitrogens with zero attached hydrogens (tertiary/aromatic N) is 4. The van der Waals surface area contributed by atoms with E-state index in [-0.39, 0.29) is 30.9 Å². The van der Waals surface area contributed by atoms with Gasteiger partial charge in [0.15, 0.2) is 0 Å². The van der Waals surface area contributed by atoms with Crippen LogP contribution in [0.4, 0.5) is 4.79 Å². The number of methoxy groups -OCH3 is 2. The molecule has 3 rings (SSSR count). The lowest BCUT2D eigenvalue weighted by Gasteiger charge is -2.54. The molecule has 0 saturated carbocycles. The minimum atomic E-state index is -0.556. The summed E-state index contributed by atoms with van der Waals surface area (Å²) in [5, 5.41) is 6.19. The van der Waals surface area contributed by atoms with Crippen LogP contribution < -0.4 is 10.1 Å². The van der Waals surface area contributed by atoms with E-state index in [1.54, 1.807) is 41.1 Å². The Balaban J connectivity index is 1.79. The molecule has 10 nitrogen and oxygen atoms in total. The summed E-state index contributed by atoms with van der Waals surface area (Å²) >= 11 is 0. The van der Waals surface area contributed by atoms with Crippen LogP contribution in [0.15, 0.2) is 24.3 Å². The number of nitrogens with one attached hydrogen (secondary N) is 1. The number of rotatable bonds is 10. The largest absolute Gasteiger partial charge is 0.497 e. The number of benzene rings is 1. The van der Waals surface area contributed by atoms with Crippen molar-refractivity contribution in [1.82, 2.24) is 25.1 Å². The Bertz CT molecular complexity index is 849. The highest BCUT2D eigenvalue weighted by Gasteiger charge is 2.50. The standard InChI is InChI=1S/C24H37N5O5/c1-5-6-8-20-23(31)27(13-7-14-33-3)16-21-28(20)22(30)17-26(2)29(21)24(32)25-15-18-9-11-19(34-4)12-10-18/h9-12,20-21H,5-8,13-17H2,1-4H3,(H,25,32). The van der Waals surface area contributed by atoms with Gasteiger partial charge in [-0.15, -0.1) is 0 Å². The lowest BCUT2D eigenvalue weighted by atomic mass is 10.0. The first-order valence-corrected chi connectivity index (χ1v) is 11.9. The number of carbonyl (C=O) groups excluding carboxylic acids is 3. The molecule has 0 radical (unpaired) electrons. The molecule has 0 spiro atoms. The van der Waals surface area contributed by atoms with Crippen LogP contribution in [0.2, 0.25) is 0 Å². The first-order valence-electron chi connectivity index (χ1n) is 11.9. The number of carbonyl (C=O) groups is 3. The number of amides is 4. The zero-order valence-electron chi connectivity index (χ0n) is 20.7. The summed E-state index contributed by atoms with van der Waals surface area (Å²) in [4.78, 5) is 43.1. The fourth-order valence-electron chi connectivity index (χ4n) is 4.58. The van der Waals surface area contributed by atoms with Gasteiger partial charge in [-0.3, -0.25) is 9.59 Å². The van der Waals surface area contributed by atoms with E-state index in [9.17, 15) is 14.4 Å². The monoisotopic (exact) mass is 475 g/mol. The second-order valence-electron chi connectivity index (χ2n) is 8.74. The van der Waals surface area contributed by atoms with E-state index in [0.29, 0.717) is 32.5 Å². The highest BCUT2D eigenvalue weighted by molar-refractivity contribution is 5.91. The normalized spacial score (nSPS) is 21.0. The highest BCUT2D eigenvalue weighted by atomic mass is 16.5. The first kappa shape index (κ1) is 25.8. The van der Waals surface area contributed by atoms with Gasteiger partial charge in [-0.2, -0.15) is 0 Å². The quantitative estimate of drug-likeness (QED) is 0.517. The molecule has 2 fully saturated rings.